The highest BCUT2D eigenvalue weighted by Crippen LogP contribution is 2.20. The van der Waals surface area contributed by atoms with Crippen LogP contribution in [-0.2, 0) is 11.3 Å². The zero-order chi connectivity index (χ0) is 13.5. The Hall–Kier alpha value is -0.870. The van der Waals surface area contributed by atoms with E-state index >= 15 is 0 Å². The zero-order valence-corrected chi connectivity index (χ0v) is 12.0. The first kappa shape index (κ1) is 15.2. The lowest BCUT2D eigenvalue weighted by Crippen LogP contribution is -2.27. The summed E-state index contributed by atoms with van der Waals surface area (Å²) in [5.41, 5.74) is 0.477. The van der Waals surface area contributed by atoms with Crippen molar-refractivity contribution in [3.8, 4) is 0 Å². The molecule has 1 aromatic heterocycles. The van der Waals surface area contributed by atoms with E-state index in [0.717, 1.165) is 12.8 Å². The van der Waals surface area contributed by atoms with Crippen molar-refractivity contribution in [1.82, 2.24) is 9.78 Å². The Morgan fingerprint density at radius 1 is 1.44 bits per heavy atom. The summed E-state index contributed by atoms with van der Waals surface area (Å²) >= 11 is 6.06. The molecule has 0 saturated heterocycles. The fraction of sp³-hybridized carbons (Fsp3) is 0.692. The highest BCUT2D eigenvalue weighted by atomic mass is 35.5. The van der Waals surface area contributed by atoms with Gasteiger partial charge in [-0.2, -0.15) is 5.10 Å². The van der Waals surface area contributed by atoms with Crippen LogP contribution in [0.5, 0.6) is 0 Å². The summed E-state index contributed by atoms with van der Waals surface area (Å²) in [7, 11) is 0. The van der Waals surface area contributed by atoms with Crippen molar-refractivity contribution in [2.75, 3.05) is 6.61 Å². The van der Waals surface area contributed by atoms with Crippen molar-refractivity contribution in [3.63, 3.8) is 0 Å². The van der Waals surface area contributed by atoms with Crippen LogP contribution in [0.2, 0.25) is 5.02 Å². The van der Waals surface area contributed by atoms with E-state index in [-0.39, 0.29) is 5.78 Å². The van der Waals surface area contributed by atoms with Crippen molar-refractivity contribution in [2.45, 2.75) is 52.7 Å². The second-order valence-electron chi connectivity index (χ2n) is 4.16. The predicted octanol–water partition coefficient (Wildman–Crippen LogP) is 3.33. The number of nitrogens with zero attached hydrogens (tertiary/aromatic N) is 2. The predicted molar refractivity (Wildman–Crippen MR) is 72.2 cm³/mol. The lowest BCUT2D eigenvalue weighted by atomic mass is 10.1. The van der Waals surface area contributed by atoms with Gasteiger partial charge in [0.05, 0.1) is 11.2 Å². The summed E-state index contributed by atoms with van der Waals surface area (Å²) in [5.74, 6) is -0.0605. The number of halogens is 1. The summed E-state index contributed by atoms with van der Waals surface area (Å²) in [6.07, 6.45) is 3.63. The Bertz CT molecular complexity index is 384. The number of carbonyl (C=O) groups is 1. The molecule has 0 fully saturated rings. The topological polar surface area (TPSA) is 44.1 Å². The highest BCUT2D eigenvalue weighted by molar-refractivity contribution is 6.33. The standard InChI is InChI=1S/C13H21ClN2O2/c1-4-7-11(18-6-3)13(17)12-10(14)9-15-16(12)8-5-2/h9,11H,4-8H2,1-3H3. The van der Waals surface area contributed by atoms with Crippen molar-refractivity contribution >= 4 is 17.4 Å². The van der Waals surface area contributed by atoms with E-state index in [4.69, 9.17) is 16.3 Å². The summed E-state index contributed by atoms with van der Waals surface area (Å²) < 4.78 is 7.18. The van der Waals surface area contributed by atoms with Crippen LogP contribution in [-0.4, -0.2) is 28.3 Å². The van der Waals surface area contributed by atoms with Crippen molar-refractivity contribution in [3.05, 3.63) is 16.9 Å². The van der Waals surface area contributed by atoms with E-state index in [2.05, 4.69) is 5.10 Å². The van der Waals surface area contributed by atoms with Gasteiger partial charge in [0.15, 0.2) is 0 Å². The minimum Gasteiger partial charge on any atom is -0.370 e. The molecule has 0 aliphatic heterocycles. The molecule has 0 spiro atoms. The molecule has 1 aromatic rings. The monoisotopic (exact) mass is 272 g/mol. The molecule has 0 aliphatic carbocycles. The summed E-state index contributed by atoms with van der Waals surface area (Å²) in [4.78, 5) is 12.4. The maximum absolute atomic E-state index is 12.4. The van der Waals surface area contributed by atoms with Crippen LogP contribution < -0.4 is 0 Å². The van der Waals surface area contributed by atoms with Crippen LogP contribution in [0.1, 0.15) is 50.5 Å². The van der Waals surface area contributed by atoms with Gasteiger partial charge in [-0.05, 0) is 19.8 Å². The molecule has 4 nitrogen and oxygen atoms in total. The van der Waals surface area contributed by atoms with E-state index in [1.807, 2.05) is 20.8 Å². The smallest absolute Gasteiger partial charge is 0.211 e. The third kappa shape index (κ3) is 3.56. The maximum Gasteiger partial charge on any atom is 0.211 e. The van der Waals surface area contributed by atoms with Crippen LogP contribution >= 0.6 is 11.6 Å². The maximum atomic E-state index is 12.4. The first-order valence-corrected chi connectivity index (χ1v) is 6.90. The second-order valence-corrected chi connectivity index (χ2v) is 4.57. The number of carbonyl (C=O) groups excluding carboxylic acids is 1. The SMILES string of the molecule is CCCC(OCC)C(=O)c1c(Cl)cnn1CCC. The van der Waals surface area contributed by atoms with Gasteiger partial charge >= 0.3 is 0 Å². The first-order chi connectivity index (χ1) is 8.65. The fourth-order valence-electron chi connectivity index (χ4n) is 1.89. The largest absolute Gasteiger partial charge is 0.370 e. The van der Waals surface area contributed by atoms with Crippen LogP contribution in [0.4, 0.5) is 0 Å². The average Bonchev–Trinajstić information content (AvgIpc) is 2.70. The summed E-state index contributed by atoms with van der Waals surface area (Å²) in [6, 6.07) is 0. The summed E-state index contributed by atoms with van der Waals surface area (Å²) in [6.45, 7) is 7.18. The Balaban J connectivity index is 2.95. The average molecular weight is 273 g/mol. The van der Waals surface area contributed by atoms with Gasteiger partial charge < -0.3 is 4.74 Å². The molecule has 1 unspecified atom stereocenters. The highest BCUT2D eigenvalue weighted by Gasteiger charge is 2.25. The minimum atomic E-state index is -0.412. The number of rotatable bonds is 8. The molecule has 102 valence electrons. The third-order valence-corrected chi connectivity index (χ3v) is 2.95. The normalized spacial score (nSPS) is 12.7. The van der Waals surface area contributed by atoms with E-state index in [1.165, 1.54) is 6.20 Å². The van der Waals surface area contributed by atoms with Crippen molar-refractivity contribution < 1.29 is 9.53 Å². The van der Waals surface area contributed by atoms with E-state index in [1.54, 1.807) is 4.68 Å². The van der Waals surface area contributed by atoms with Gasteiger partial charge in [-0.15, -0.1) is 0 Å². The van der Waals surface area contributed by atoms with Crippen LogP contribution in [0, 0.1) is 0 Å². The molecule has 0 radical (unpaired) electrons. The Labute approximate surface area is 113 Å². The third-order valence-electron chi connectivity index (χ3n) is 2.67. The van der Waals surface area contributed by atoms with Crippen molar-refractivity contribution in [2.24, 2.45) is 0 Å². The molecule has 18 heavy (non-hydrogen) atoms. The lowest BCUT2D eigenvalue weighted by molar-refractivity contribution is 0.0413. The number of ether oxygens (including phenoxy) is 1. The summed E-state index contributed by atoms with van der Waals surface area (Å²) in [5, 5.41) is 4.55. The van der Waals surface area contributed by atoms with E-state index in [0.29, 0.717) is 30.3 Å². The van der Waals surface area contributed by atoms with Crippen LogP contribution in [0.3, 0.4) is 0 Å². The van der Waals surface area contributed by atoms with Gasteiger partial charge in [0.1, 0.15) is 11.8 Å². The van der Waals surface area contributed by atoms with Gasteiger partial charge in [-0.3, -0.25) is 9.48 Å². The zero-order valence-electron chi connectivity index (χ0n) is 11.3. The van der Waals surface area contributed by atoms with Gasteiger partial charge in [0.25, 0.3) is 0 Å². The van der Waals surface area contributed by atoms with E-state index in [9.17, 15) is 4.79 Å². The number of hydrogen-bond acceptors (Lipinski definition) is 3. The Kier molecular flexibility index (Phi) is 6.36. The molecular weight excluding hydrogens is 252 g/mol. The molecule has 0 bridgehead atoms. The Morgan fingerprint density at radius 3 is 2.72 bits per heavy atom. The first-order valence-electron chi connectivity index (χ1n) is 6.52. The number of hydrogen-bond donors (Lipinski definition) is 0. The van der Waals surface area contributed by atoms with Gasteiger partial charge in [-0.25, -0.2) is 0 Å². The van der Waals surface area contributed by atoms with E-state index < -0.39 is 6.10 Å². The van der Waals surface area contributed by atoms with Crippen LogP contribution in [0.25, 0.3) is 0 Å². The molecule has 5 heteroatoms. The molecule has 1 rings (SSSR count). The molecule has 0 N–H and O–H groups in total. The van der Waals surface area contributed by atoms with Gasteiger partial charge in [0, 0.05) is 13.2 Å². The van der Waals surface area contributed by atoms with Gasteiger partial charge in [-0.1, -0.05) is 31.9 Å². The number of Topliss-reactive ketones (excluding diaryl/α,β-unsaturated/α-hetero) is 1. The second kappa shape index (κ2) is 7.54. The lowest BCUT2D eigenvalue weighted by Gasteiger charge is -2.16. The Morgan fingerprint density at radius 2 is 2.17 bits per heavy atom. The molecular formula is C13H21ClN2O2. The molecule has 0 amide bonds. The number of aryl methyl sites for hydroxylation is 1. The van der Waals surface area contributed by atoms with Gasteiger partial charge in [0.2, 0.25) is 5.78 Å². The van der Waals surface area contributed by atoms with Crippen LogP contribution in [0.15, 0.2) is 6.20 Å². The number of ketones is 1. The molecule has 1 heterocycles. The fourth-order valence-corrected chi connectivity index (χ4v) is 2.13. The van der Waals surface area contributed by atoms with Crippen molar-refractivity contribution in [1.29, 1.82) is 0 Å². The quantitative estimate of drug-likeness (QED) is 0.682. The molecule has 0 saturated carbocycles. The molecule has 0 aliphatic rings. The molecule has 0 aromatic carbocycles. The molecule has 1 atom stereocenters. The number of aromatic nitrogens is 2. The minimum absolute atomic E-state index is 0.0605.